The molecule has 2 aliphatic heterocycles. The highest BCUT2D eigenvalue weighted by atomic mass is 16.7. The lowest BCUT2D eigenvalue weighted by Crippen LogP contribution is -2.36. The van der Waals surface area contributed by atoms with Gasteiger partial charge in [0.05, 0.1) is 35.9 Å². The van der Waals surface area contributed by atoms with Crippen molar-refractivity contribution in [2.45, 2.75) is 32.7 Å². The molecule has 1 unspecified atom stereocenters. The SMILES string of the molecule is CON1CN2c3c1ccc(-c1c(C)noc1C)c3CCC2c1ccccn1. The number of hydrogen-bond acceptors (Lipinski definition) is 6. The second-order valence-corrected chi connectivity index (χ2v) is 7.14. The third-order valence-corrected chi connectivity index (χ3v) is 5.69. The Morgan fingerprint density at radius 3 is 2.78 bits per heavy atom. The largest absolute Gasteiger partial charge is 0.361 e. The van der Waals surface area contributed by atoms with Crippen LogP contribution in [0.2, 0.25) is 0 Å². The fraction of sp³-hybridized carbons (Fsp3) is 0.333. The highest BCUT2D eigenvalue weighted by molar-refractivity contribution is 5.88. The summed E-state index contributed by atoms with van der Waals surface area (Å²) in [5.74, 6) is 0.865. The molecule has 0 aliphatic carbocycles. The van der Waals surface area contributed by atoms with Gasteiger partial charge in [-0.2, -0.15) is 0 Å². The summed E-state index contributed by atoms with van der Waals surface area (Å²) in [5, 5.41) is 6.11. The molecule has 3 aromatic rings. The number of rotatable bonds is 3. The van der Waals surface area contributed by atoms with Gasteiger partial charge < -0.3 is 9.42 Å². The lowest BCUT2D eigenvalue weighted by molar-refractivity contribution is 0.171. The molecule has 2 aliphatic rings. The highest BCUT2D eigenvalue weighted by Gasteiger charge is 2.39. The quantitative estimate of drug-likeness (QED) is 0.696. The van der Waals surface area contributed by atoms with E-state index in [0.717, 1.165) is 41.2 Å². The minimum absolute atomic E-state index is 0.248. The molecule has 1 aromatic carbocycles. The molecule has 0 spiro atoms. The molecule has 0 amide bonds. The minimum Gasteiger partial charge on any atom is -0.361 e. The Morgan fingerprint density at radius 1 is 1.19 bits per heavy atom. The van der Waals surface area contributed by atoms with Crippen LogP contribution >= 0.6 is 0 Å². The molecule has 138 valence electrons. The second-order valence-electron chi connectivity index (χ2n) is 7.14. The molecule has 2 aromatic heterocycles. The van der Waals surface area contributed by atoms with Crippen LogP contribution in [0.5, 0.6) is 0 Å². The van der Waals surface area contributed by atoms with Crippen molar-refractivity contribution < 1.29 is 9.36 Å². The van der Waals surface area contributed by atoms with Gasteiger partial charge in [-0.1, -0.05) is 17.3 Å². The number of pyridine rings is 1. The average molecular weight is 362 g/mol. The maximum absolute atomic E-state index is 5.66. The van der Waals surface area contributed by atoms with E-state index in [2.05, 4.69) is 39.3 Å². The first kappa shape index (κ1) is 16.3. The van der Waals surface area contributed by atoms with Gasteiger partial charge in [0, 0.05) is 11.8 Å². The van der Waals surface area contributed by atoms with Crippen molar-refractivity contribution in [2.24, 2.45) is 0 Å². The Hall–Kier alpha value is -2.86. The van der Waals surface area contributed by atoms with Crippen molar-refractivity contribution in [3.63, 3.8) is 0 Å². The van der Waals surface area contributed by atoms with Gasteiger partial charge in [-0.3, -0.25) is 9.82 Å². The molecule has 5 rings (SSSR count). The van der Waals surface area contributed by atoms with E-state index in [1.165, 1.54) is 16.8 Å². The Labute approximate surface area is 158 Å². The molecular weight excluding hydrogens is 340 g/mol. The third kappa shape index (κ3) is 2.36. The van der Waals surface area contributed by atoms with E-state index >= 15 is 0 Å². The zero-order valence-electron chi connectivity index (χ0n) is 15.8. The van der Waals surface area contributed by atoms with Gasteiger partial charge in [0.25, 0.3) is 0 Å². The summed E-state index contributed by atoms with van der Waals surface area (Å²) in [7, 11) is 1.73. The molecule has 6 heteroatoms. The van der Waals surface area contributed by atoms with E-state index in [0.29, 0.717) is 6.67 Å². The molecule has 4 heterocycles. The second kappa shape index (κ2) is 6.09. The van der Waals surface area contributed by atoms with Crippen LogP contribution < -0.4 is 9.96 Å². The molecule has 0 saturated carbocycles. The Kier molecular flexibility index (Phi) is 3.68. The smallest absolute Gasteiger partial charge is 0.141 e. The first-order valence-electron chi connectivity index (χ1n) is 9.27. The van der Waals surface area contributed by atoms with Gasteiger partial charge in [-0.15, -0.1) is 0 Å². The van der Waals surface area contributed by atoms with Crippen LogP contribution in [-0.4, -0.2) is 23.9 Å². The molecule has 6 nitrogen and oxygen atoms in total. The summed E-state index contributed by atoms with van der Waals surface area (Å²) >= 11 is 0. The van der Waals surface area contributed by atoms with Crippen molar-refractivity contribution in [3.8, 4) is 11.1 Å². The van der Waals surface area contributed by atoms with E-state index in [-0.39, 0.29) is 6.04 Å². The Bertz CT molecular complexity index is 979. The van der Waals surface area contributed by atoms with Crippen molar-refractivity contribution >= 4 is 11.4 Å². The minimum atomic E-state index is 0.248. The first-order chi connectivity index (χ1) is 13.2. The number of nitrogens with zero attached hydrogens (tertiary/aromatic N) is 4. The van der Waals surface area contributed by atoms with Gasteiger partial charge in [0.1, 0.15) is 12.4 Å². The summed E-state index contributed by atoms with van der Waals surface area (Å²) in [6.45, 7) is 4.68. The standard InChI is InChI=1S/C21H22N4O2/c1-13-20(14(2)27-23-13)15-7-10-19-21-16(15)8-9-18(17-6-4-5-11-22-17)24(21)12-25(19)26-3/h4-7,10-11,18H,8-9,12H2,1-3H3. The molecule has 0 radical (unpaired) electrons. The normalized spacial score (nSPS) is 18.1. The lowest BCUT2D eigenvalue weighted by atomic mass is 9.87. The molecule has 0 saturated heterocycles. The lowest BCUT2D eigenvalue weighted by Gasteiger charge is -2.35. The topological polar surface area (TPSA) is 54.6 Å². The van der Waals surface area contributed by atoms with E-state index < -0.39 is 0 Å². The van der Waals surface area contributed by atoms with E-state index in [4.69, 9.17) is 9.36 Å². The van der Waals surface area contributed by atoms with Crippen molar-refractivity contribution in [3.05, 3.63) is 59.2 Å². The number of aryl methyl sites for hydroxylation is 2. The maximum atomic E-state index is 5.66. The predicted octanol–water partition coefficient (Wildman–Crippen LogP) is 4.19. The number of anilines is 2. The summed E-state index contributed by atoms with van der Waals surface area (Å²) in [4.78, 5) is 12.7. The van der Waals surface area contributed by atoms with Crippen molar-refractivity contribution in [1.82, 2.24) is 10.1 Å². The van der Waals surface area contributed by atoms with Gasteiger partial charge in [-0.25, -0.2) is 5.06 Å². The third-order valence-electron chi connectivity index (χ3n) is 5.69. The van der Waals surface area contributed by atoms with Crippen LogP contribution in [0.3, 0.4) is 0 Å². The number of hydroxylamine groups is 1. The van der Waals surface area contributed by atoms with Crippen LogP contribution in [0.4, 0.5) is 11.4 Å². The number of benzene rings is 1. The molecule has 1 atom stereocenters. The molecule has 27 heavy (non-hydrogen) atoms. The van der Waals surface area contributed by atoms with Gasteiger partial charge in [-0.05, 0) is 56.0 Å². The molecule has 0 bridgehead atoms. The van der Waals surface area contributed by atoms with E-state index in [1.54, 1.807) is 7.11 Å². The predicted molar refractivity (Wildman–Crippen MR) is 104 cm³/mol. The van der Waals surface area contributed by atoms with E-state index in [9.17, 15) is 0 Å². The average Bonchev–Trinajstić information content (AvgIpc) is 3.24. The van der Waals surface area contributed by atoms with Crippen molar-refractivity contribution in [2.75, 3.05) is 23.7 Å². The zero-order valence-corrected chi connectivity index (χ0v) is 15.8. The maximum Gasteiger partial charge on any atom is 0.141 e. The van der Waals surface area contributed by atoms with E-state index in [1.807, 2.05) is 31.2 Å². The van der Waals surface area contributed by atoms with Gasteiger partial charge in [0.15, 0.2) is 0 Å². The van der Waals surface area contributed by atoms with Crippen LogP contribution in [-0.2, 0) is 11.3 Å². The van der Waals surface area contributed by atoms with Crippen LogP contribution in [0.15, 0.2) is 41.1 Å². The summed E-state index contributed by atoms with van der Waals surface area (Å²) in [6.07, 6.45) is 3.87. The fourth-order valence-electron chi connectivity index (χ4n) is 4.51. The van der Waals surface area contributed by atoms with Crippen LogP contribution in [0.1, 0.15) is 35.2 Å². The molecular formula is C21H22N4O2. The summed E-state index contributed by atoms with van der Waals surface area (Å²) in [6, 6.07) is 10.7. The Morgan fingerprint density at radius 2 is 2.07 bits per heavy atom. The molecule has 0 N–H and O–H groups in total. The summed E-state index contributed by atoms with van der Waals surface area (Å²) < 4.78 is 5.44. The van der Waals surface area contributed by atoms with Gasteiger partial charge in [0.2, 0.25) is 0 Å². The Balaban J connectivity index is 1.68. The highest BCUT2D eigenvalue weighted by Crippen LogP contribution is 2.51. The fourth-order valence-corrected chi connectivity index (χ4v) is 4.51. The van der Waals surface area contributed by atoms with Crippen LogP contribution in [0, 0.1) is 13.8 Å². The van der Waals surface area contributed by atoms with Crippen LogP contribution in [0.25, 0.3) is 11.1 Å². The zero-order chi connectivity index (χ0) is 18.5. The van der Waals surface area contributed by atoms with Gasteiger partial charge >= 0.3 is 0 Å². The van der Waals surface area contributed by atoms with Crippen molar-refractivity contribution in [1.29, 1.82) is 0 Å². The molecule has 0 fully saturated rings. The summed E-state index contributed by atoms with van der Waals surface area (Å²) in [5.41, 5.74) is 8.07. The number of aromatic nitrogens is 2. The first-order valence-corrected chi connectivity index (χ1v) is 9.27. The number of hydrogen-bond donors (Lipinski definition) is 0. The monoisotopic (exact) mass is 362 g/mol.